The van der Waals surface area contributed by atoms with Crippen LogP contribution in [-0.2, 0) is 13.0 Å². The van der Waals surface area contributed by atoms with Gasteiger partial charge in [0.2, 0.25) is 0 Å². The zero-order valence-corrected chi connectivity index (χ0v) is 14.4. The van der Waals surface area contributed by atoms with E-state index in [1.807, 2.05) is 0 Å². The van der Waals surface area contributed by atoms with Crippen molar-refractivity contribution in [2.45, 2.75) is 39.7 Å². The van der Waals surface area contributed by atoms with Gasteiger partial charge in [0.25, 0.3) is 0 Å². The van der Waals surface area contributed by atoms with Gasteiger partial charge in [-0.15, -0.1) is 0 Å². The third-order valence-electron chi connectivity index (χ3n) is 3.46. The molecule has 0 unspecified atom stereocenters. The molecule has 0 atom stereocenters. The fraction of sp³-hybridized carbons (Fsp3) is 0.706. The first-order valence-corrected chi connectivity index (χ1v) is 8.13. The average molecular weight is 292 g/mol. The van der Waals surface area contributed by atoms with Crippen LogP contribution in [0.15, 0.2) is 12.1 Å². The van der Waals surface area contributed by atoms with E-state index in [9.17, 15) is 0 Å². The summed E-state index contributed by atoms with van der Waals surface area (Å²) in [6.07, 6.45) is 3.36. The highest BCUT2D eigenvalue weighted by molar-refractivity contribution is 5.42. The fourth-order valence-electron chi connectivity index (χ4n) is 2.19. The first-order valence-electron chi connectivity index (χ1n) is 8.13. The number of pyridine rings is 1. The normalized spacial score (nSPS) is 11.1. The molecule has 0 saturated heterocycles. The van der Waals surface area contributed by atoms with E-state index < -0.39 is 0 Å². The smallest absolute Gasteiger partial charge is 0.128 e. The Morgan fingerprint density at radius 1 is 1.05 bits per heavy atom. The van der Waals surface area contributed by atoms with Crippen LogP contribution in [0.5, 0.6) is 0 Å². The molecule has 0 radical (unpaired) electrons. The number of hydrogen-bond donors (Lipinski definition) is 1. The molecule has 0 amide bonds. The molecule has 0 fully saturated rings. The second-order valence-electron chi connectivity index (χ2n) is 5.98. The topological polar surface area (TPSA) is 31.4 Å². The maximum Gasteiger partial charge on any atom is 0.128 e. The van der Waals surface area contributed by atoms with Gasteiger partial charge in [-0.2, -0.15) is 0 Å². The molecule has 1 heterocycles. The Morgan fingerprint density at radius 3 is 2.43 bits per heavy atom. The van der Waals surface area contributed by atoms with Crippen molar-refractivity contribution in [2.75, 3.05) is 45.7 Å². The van der Waals surface area contributed by atoms with Gasteiger partial charge in [0.05, 0.1) is 0 Å². The highest BCUT2D eigenvalue weighted by atomic mass is 15.2. The molecule has 1 rings (SSSR count). The summed E-state index contributed by atoms with van der Waals surface area (Å²) in [5, 5.41) is 3.48. The molecule has 4 heteroatoms. The van der Waals surface area contributed by atoms with Gasteiger partial charge in [0, 0.05) is 32.4 Å². The Hall–Kier alpha value is -1.13. The van der Waals surface area contributed by atoms with E-state index in [0.717, 1.165) is 44.8 Å². The molecule has 0 saturated carbocycles. The number of likely N-dealkylation sites (N-methyl/N-ethyl adjacent to an activating group) is 2. The predicted molar refractivity (Wildman–Crippen MR) is 92.1 cm³/mol. The molecule has 0 aliphatic heterocycles. The molecule has 21 heavy (non-hydrogen) atoms. The Morgan fingerprint density at radius 2 is 1.81 bits per heavy atom. The van der Waals surface area contributed by atoms with E-state index in [1.54, 1.807) is 0 Å². The van der Waals surface area contributed by atoms with Gasteiger partial charge in [0.1, 0.15) is 5.82 Å². The van der Waals surface area contributed by atoms with Crippen molar-refractivity contribution in [3.8, 4) is 0 Å². The highest BCUT2D eigenvalue weighted by Gasteiger charge is 2.07. The standard InChI is InChI=1S/C17H32N4/c1-6-8-16-12-15(14-18-9-7-2)13-17(19-16)21(5)11-10-20(3)4/h12-13,18H,6-11,14H2,1-5H3. The average Bonchev–Trinajstić information content (AvgIpc) is 2.45. The predicted octanol–water partition coefficient (Wildman–Crippen LogP) is 2.53. The van der Waals surface area contributed by atoms with Gasteiger partial charge in [-0.05, 0) is 51.2 Å². The lowest BCUT2D eigenvalue weighted by molar-refractivity contribution is 0.416. The van der Waals surface area contributed by atoms with Crippen molar-refractivity contribution in [1.82, 2.24) is 15.2 Å². The van der Waals surface area contributed by atoms with E-state index >= 15 is 0 Å². The molecular weight excluding hydrogens is 260 g/mol. The van der Waals surface area contributed by atoms with Crippen LogP contribution in [0.4, 0.5) is 5.82 Å². The fourth-order valence-corrected chi connectivity index (χ4v) is 2.19. The van der Waals surface area contributed by atoms with E-state index in [1.165, 1.54) is 17.7 Å². The molecule has 0 bridgehead atoms. The van der Waals surface area contributed by atoms with Gasteiger partial charge in [0.15, 0.2) is 0 Å². The maximum atomic E-state index is 4.81. The van der Waals surface area contributed by atoms with Crippen molar-refractivity contribution in [2.24, 2.45) is 0 Å². The third kappa shape index (κ3) is 6.91. The quantitative estimate of drug-likeness (QED) is 0.672. The maximum absolute atomic E-state index is 4.81. The number of anilines is 1. The summed E-state index contributed by atoms with van der Waals surface area (Å²) in [4.78, 5) is 9.27. The molecular formula is C17H32N4. The number of aromatic nitrogens is 1. The van der Waals surface area contributed by atoms with E-state index in [4.69, 9.17) is 4.98 Å². The van der Waals surface area contributed by atoms with Gasteiger partial charge < -0.3 is 15.1 Å². The first kappa shape index (κ1) is 17.9. The molecule has 4 nitrogen and oxygen atoms in total. The second kappa shape index (κ2) is 9.74. The molecule has 1 N–H and O–H groups in total. The number of nitrogens with one attached hydrogen (secondary N) is 1. The zero-order chi connectivity index (χ0) is 15.7. The van der Waals surface area contributed by atoms with Crippen LogP contribution >= 0.6 is 0 Å². The molecule has 1 aromatic heterocycles. The van der Waals surface area contributed by atoms with Crippen molar-refractivity contribution in [1.29, 1.82) is 0 Å². The lowest BCUT2D eigenvalue weighted by Crippen LogP contribution is -2.29. The summed E-state index contributed by atoms with van der Waals surface area (Å²) in [5.41, 5.74) is 2.55. The van der Waals surface area contributed by atoms with Crippen molar-refractivity contribution in [3.63, 3.8) is 0 Å². The van der Waals surface area contributed by atoms with Gasteiger partial charge in [-0.1, -0.05) is 20.3 Å². The first-order chi connectivity index (χ1) is 10.1. The minimum absolute atomic E-state index is 0.932. The van der Waals surface area contributed by atoms with Crippen LogP contribution in [0.1, 0.15) is 37.9 Å². The van der Waals surface area contributed by atoms with Crippen LogP contribution in [-0.4, -0.2) is 50.7 Å². The van der Waals surface area contributed by atoms with Crippen molar-refractivity contribution in [3.05, 3.63) is 23.4 Å². The lowest BCUT2D eigenvalue weighted by Gasteiger charge is -2.22. The van der Waals surface area contributed by atoms with Crippen LogP contribution in [0.25, 0.3) is 0 Å². The summed E-state index contributed by atoms with van der Waals surface area (Å²) >= 11 is 0. The zero-order valence-electron chi connectivity index (χ0n) is 14.4. The Labute approximate surface area is 130 Å². The molecule has 0 aliphatic rings. The highest BCUT2D eigenvalue weighted by Crippen LogP contribution is 2.15. The van der Waals surface area contributed by atoms with E-state index in [-0.39, 0.29) is 0 Å². The second-order valence-corrected chi connectivity index (χ2v) is 5.98. The Balaban J connectivity index is 2.79. The van der Waals surface area contributed by atoms with Gasteiger partial charge >= 0.3 is 0 Å². The molecule has 0 aromatic carbocycles. The largest absolute Gasteiger partial charge is 0.358 e. The van der Waals surface area contributed by atoms with E-state index in [2.05, 4.69) is 62.2 Å². The van der Waals surface area contributed by atoms with Crippen LogP contribution in [0.3, 0.4) is 0 Å². The SMILES string of the molecule is CCCNCc1cc(CCC)nc(N(C)CCN(C)C)c1. The number of hydrogen-bond acceptors (Lipinski definition) is 4. The minimum atomic E-state index is 0.932. The van der Waals surface area contributed by atoms with Crippen molar-refractivity contribution < 1.29 is 0 Å². The third-order valence-corrected chi connectivity index (χ3v) is 3.46. The monoisotopic (exact) mass is 292 g/mol. The molecule has 0 aliphatic carbocycles. The lowest BCUT2D eigenvalue weighted by atomic mass is 10.1. The number of aryl methyl sites for hydroxylation is 1. The Bertz CT molecular complexity index is 404. The summed E-state index contributed by atoms with van der Waals surface area (Å²) in [7, 11) is 6.34. The van der Waals surface area contributed by atoms with Crippen LogP contribution in [0, 0.1) is 0 Å². The minimum Gasteiger partial charge on any atom is -0.358 e. The summed E-state index contributed by atoms with van der Waals surface area (Å²) in [5.74, 6) is 1.09. The Kier molecular flexibility index (Phi) is 8.31. The van der Waals surface area contributed by atoms with Gasteiger partial charge in [-0.3, -0.25) is 0 Å². The summed E-state index contributed by atoms with van der Waals surface area (Å²) < 4.78 is 0. The number of rotatable bonds is 10. The van der Waals surface area contributed by atoms with Crippen LogP contribution < -0.4 is 10.2 Å². The number of nitrogens with zero attached hydrogens (tertiary/aromatic N) is 3. The van der Waals surface area contributed by atoms with Crippen molar-refractivity contribution >= 4 is 5.82 Å². The van der Waals surface area contributed by atoms with E-state index in [0.29, 0.717) is 0 Å². The van der Waals surface area contributed by atoms with Gasteiger partial charge in [-0.25, -0.2) is 4.98 Å². The summed E-state index contributed by atoms with van der Waals surface area (Å²) in [6.45, 7) is 8.44. The molecule has 1 aromatic rings. The summed E-state index contributed by atoms with van der Waals surface area (Å²) in [6, 6.07) is 4.47. The molecule has 120 valence electrons. The molecule has 0 spiro atoms. The van der Waals surface area contributed by atoms with Crippen LogP contribution in [0.2, 0.25) is 0 Å².